The Bertz CT molecular complexity index is 349. The summed E-state index contributed by atoms with van der Waals surface area (Å²) in [6.45, 7) is 9.18. The van der Waals surface area contributed by atoms with Gasteiger partial charge in [0.1, 0.15) is 6.04 Å². The summed E-state index contributed by atoms with van der Waals surface area (Å²) in [5, 5.41) is 0. The van der Waals surface area contributed by atoms with Crippen molar-refractivity contribution in [1.29, 1.82) is 0 Å². The second-order valence-corrected chi connectivity index (χ2v) is 4.51. The molecule has 2 fully saturated rings. The maximum atomic E-state index is 11.8. The maximum Gasteiger partial charge on any atom is 0.410 e. The van der Waals surface area contributed by atoms with Crippen LogP contribution in [0.2, 0.25) is 0 Å². The molecule has 0 aliphatic carbocycles. The number of carbonyl (C=O) groups excluding carboxylic acids is 1. The summed E-state index contributed by atoms with van der Waals surface area (Å²) >= 11 is 0. The Hall–Kier alpha value is -1.33. The molecule has 2 heterocycles. The molecule has 5 heteroatoms. The van der Waals surface area contributed by atoms with Crippen molar-refractivity contribution in [3.05, 3.63) is 25.3 Å². The Kier molecular flexibility index (Phi) is 3.73. The molecule has 0 aromatic carbocycles. The van der Waals surface area contributed by atoms with Crippen LogP contribution in [-0.4, -0.2) is 49.7 Å². The third-order valence-corrected chi connectivity index (χ3v) is 3.51. The first-order valence-corrected chi connectivity index (χ1v) is 6.04. The van der Waals surface area contributed by atoms with Gasteiger partial charge in [-0.2, -0.15) is 0 Å². The van der Waals surface area contributed by atoms with Crippen molar-refractivity contribution in [3.8, 4) is 0 Å². The highest BCUT2D eigenvalue weighted by Gasteiger charge is 2.52. The summed E-state index contributed by atoms with van der Waals surface area (Å²) in [6, 6.07) is -0.330. The SMILES string of the molecule is C=C[C@H]1CN(C(=O)OC)[C@@H](C=C)C2(C1)OCCO2. The molecule has 0 bridgehead atoms. The Morgan fingerprint density at radius 1 is 1.39 bits per heavy atom. The molecule has 0 radical (unpaired) electrons. The van der Waals surface area contributed by atoms with E-state index in [1.54, 1.807) is 11.0 Å². The van der Waals surface area contributed by atoms with Crippen molar-refractivity contribution >= 4 is 6.09 Å². The Morgan fingerprint density at radius 3 is 2.56 bits per heavy atom. The first-order valence-electron chi connectivity index (χ1n) is 6.04. The quantitative estimate of drug-likeness (QED) is 0.701. The molecule has 5 nitrogen and oxygen atoms in total. The molecule has 2 atom stereocenters. The van der Waals surface area contributed by atoms with Gasteiger partial charge in [0.05, 0.1) is 20.3 Å². The van der Waals surface area contributed by atoms with E-state index in [1.807, 2.05) is 6.08 Å². The number of piperidine rings is 1. The smallest absolute Gasteiger partial charge is 0.410 e. The predicted octanol–water partition coefficient (Wildman–Crippen LogP) is 1.56. The number of methoxy groups -OCH3 is 1. The van der Waals surface area contributed by atoms with Crippen LogP contribution in [0.15, 0.2) is 25.3 Å². The van der Waals surface area contributed by atoms with E-state index in [1.165, 1.54) is 7.11 Å². The van der Waals surface area contributed by atoms with Gasteiger partial charge in [-0.05, 0) is 5.92 Å². The molecule has 0 N–H and O–H groups in total. The fourth-order valence-corrected chi connectivity index (χ4v) is 2.68. The zero-order valence-corrected chi connectivity index (χ0v) is 10.6. The van der Waals surface area contributed by atoms with Crippen LogP contribution < -0.4 is 0 Å². The summed E-state index contributed by atoms with van der Waals surface area (Å²) in [5.74, 6) is -0.675. The fourth-order valence-electron chi connectivity index (χ4n) is 2.68. The third kappa shape index (κ3) is 2.04. The Balaban J connectivity index is 2.30. The van der Waals surface area contributed by atoms with Crippen LogP contribution in [0.25, 0.3) is 0 Å². The van der Waals surface area contributed by atoms with Crippen molar-refractivity contribution in [2.24, 2.45) is 5.92 Å². The van der Waals surface area contributed by atoms with E-state index in [0.717, 1.165) is 0 Å². The average Bonchev–Trinajstić information content (AvgIpc) is 2.85. The molecular formula is C13H19NO4. The van der Waals surface area contributed by atoms with Crippen LogP contribution in [0.1, 0.15) is 6.42 Å². The number of nitrogens with zero attached hydrogens (tertiary/aromatic N) is 1. The maximum absolute atomic E-state index is 11.8. The van der Waals surface area contributed by atoms with Crippen molar-refractivity contribution in [2.45, 2.75) is 18.2 Å². The van der Waals surface area contributed by atoms with Crippen LogP contribution >= 0.6 is 0 Å². The average molecular weight is 253 g/mol. The Morgan fingerprint density at radius 2 is 2.06 bits per heavy atom. The second-order valence-electron chi connectivity index (χ2n) is 4.51. The van der Waals surface area contributed by atoms with E-state index in [0.29, 0.717) is 26.2 Å². The number of hydrogen-bond donors (Lipinski definition) is 0. The molecule has 1 spiro atoms. The van der Waals surface area contributed by atoms with Crippen molar-refractivity contribution in [1.82, 2.24) is 4.90 Å². The van der Waals surface area contributed by atoms with Crippen LogP contribution in [0, 0.1) is 5.92 Å². The van der Waals surface area contributed by atoms with Crippen molar-refractivity contribution in [3.63, 3.8) is 0 Å². The predicted molar refractivity (Wildman–Crippen MR) is 66.0 cm³/mol. The molecule has 1 amide bonds. The lowest BCUT2D eigenvalue weighted by molar-refractivity contribution is -0.212. The highest BCUT2D eigenvalue weighted by molar-refractivity contribution is 5.68. The van der Waals surface area contributed by atoms with Gasteiger partial charge in [-0.3, -0.25) is 4.90 Å². The van der Waals surface area contributed by atoms with Crippen LogP contribution in [-0.2, 0) is 14.2 Å². The van der Waals surface area contributed by atoms with E-state index in [2.05, 4.69) is 13.2 Å². The van der Waals surface area contributed by atoms with Gasteiger partial charge >= 0.3 is 6.09 Å². The lowest BCUT2D eigenvalue weighted by Crippen LogP contribution is -2.60. The van der Waals surface area contributed by atoms with Gasteiger partial charge < -0.3 is 14.2 Å². The van der Waals surface area contributed by atoms with Gasteiger partial charge in [-0.1, -0.05) is 12.2 Å². The van der Waals surface area contributed by atoms with Gasteiger partial charge in [0.2, 0.25) is 0 Å². The van der Waals surface area contributed by atoms with E-state index in [-0.39, 0.29) is 12.0 Å². The standard InChI is InChI=1S/C13H19NO4/c1-4-10-8-13(17-6-7-18-13)11(5-2)14(9-10)12(15)16-3/h4-5,10-11H,1-2,6-9H2,3H3/t10-,11+/m1/s1. The zero-order chi connectivity index (χ0) is 13.2. The number of rotatable bonds is 2. The molecule has 18 heavy (non-hydrogen) atoms. The molecule has 2 saturated heterocycles. The van der Waals surface area contributed by atoms with Gasteiger partial charge in [-0.25, -0.2) is 4.79 Å². The molecule has 2 aliphatic heterocycles. The molecule has 0 aromatic rings. The van der Waals surface area contributed by atoms with E-state index < -0.39 is 11.9 Å². The number of ether oxygens (including phenoxy) is 3. The number of hydrogen-bond acceptors (Lipinski definition) is 4. The van der Waals surface area contributed by atoms with Crippen molar-refractivity contribution in [2.75, 3.05) is 26.9 Å². The molecular weight excluding hydrogens is 234 g/mol. The largest absolute Gasteiger partial charge is 0.453 e. The highest BCUT2D eigenvalue weighted by Crippen LogP contribution is 2.39. The van der Waals surface area contributed by atoms with Gasteiger partial charge in [-0.15, -0.1) is 13.2 Å². The first-order chi connectivity index (χ1) is 8.66. The summed E-state index contributed by atoms with van der Waals surface area (Å²) < 4.78 is 16.3. The first kappa shape index (κ1) is 13.1. The van der Waals surface area contributed by atoms with Crippen molar-refractivity contribution < 1.29 is 19.0 Å². The molecule has 0 saturated carbocycles. The summed E-state index contributed by atoms with van der Waals surface area (Å²) in [6.07, 6.45) is 3.79. The number of carbonyl (C=O) groups is 1. The van der Waals surface area contributed by atoms with Gasteiger partial charge in [0.15, 0.2) is 5.79 Å². The summed E-state index contributed by atoms with van der Waals surface area (Å²) in [5.41, 5.74) is 0. The number of likely N-dealkylation sites (tertiary alicyclic amines) is 1. The minimum atomic E-state index is -0.799. The van der Waals surface area contributed by atoms with E-state index >= 15 is 0 Å². The third-order valence-electron chi connectivity index (χ3n) is 3.51. The summed E-state index contributed by atoms with van der Waals surface area (Å²) in [7, 11) is 1.36. The normalized spacial score (nSPS) is 30.2. The molecule has 0 aromatic heterocycles. The zero-order valence-electron chi connectivity index (χ0n) is 10.6. The van der Waals surface area contributed by atoms with E-state index in [9.17, 15) is 4.79 Å². The van der Waals surface area contributed by atoms with E-state index in [4.69, 9.17) is 14.2 Å². The molecule has 0 unspecified atom stereocenters. The fraction of sp³-hybridized carbons (Fsp3) is 0.615. The van der Waals surface area contributed by atoms with Crippen LogP contribution in [0.4, 0.5) is 4.79 Å². The topological polar surface area (TPSA) is 48.0 Å². The monoisotopic (exact) mass is 253 g/mol. The lowest BCUT2D eigenvalue weighted by atomic mass is 9.87. The molecule has 2 aliphatic rings. The summed E-state index contributed by atoms with van der Waals surface area (Å²) in [4.78, 5) is 13.4. The number of amides is 1. The second kappa shape index (κ2) is 5.12. The lowest BCUT2D eigenvalue weighted by Gasteiger charge is -2.46. The van der Waals surface area contributed by atoms with Crippen LogP contribution in [0.5, 0.6) is 0 Å². The highest BCUT2D eigenvalue weighted by atomic mass is 16.7. The van der Waals surface area contributed by atoms with Gasteiger partial charge in [0.25, 0.3) is 0 Å². The Labute approximate surface area is 107 Å². The van der Waals surface area contributed by atoms with Crippen LogP contribution in [0.3, 0.4) is 0 Å². The minimum Gasteiger partial charge on any atom is -0.453 e. The minimum absolute atomic E-state index is 0.124. The van der Waals surface area contributed by atoms with Gasteiger partial charge in [0, 0.05) is 13.0 Å². The molecule has 100 valence electrons. The molecule has 2 rings (SSSR count).